The number of aliphatic hydroxyl groups excluding tert-OH is 1. The number of aromatic nitrogens is 2. The molecule has 502 valence electrons. The van der Waals surface area contributed by atoms with Crippen LogP contribution < -0.4 is 46.7 Å². The van der Waals surface area contributed by atoms with Gasteiger partial charge in [0.15, 0.2) is 0 Å². The van der Waals surface area contributed by atoms with E-state index in [1.165, 1.54) is 33.0 Å². The summed E-state index contributed by atoms with van der Waals surface area (Å²) < 4.78 is 29.0. The van der Waals surface area contributed by atoms with Crippen molar-refractivity contribution in [1.82, 2.24) is 52.3 Å². The maximum absolute atomic E-state index is 15.4. The fraction of sp³-hybridized carbons (Fsp3) is 0.462. The lowest BCUT2D eigenvalue weighted by molar-refractivity contribution is -0.386. The van der Waals surface area contributed by atoms with Crippen molar-refractivity contribution < 1.29 is 72.1 Å². The Bertz CT molecular complexity index is 3470. The summed E-state index contributed by atoms with van der Waals surface area (Å²) in [6.07, 6.45) is -2.48. The van der Waals surface area contributed by atoms with E-state index < -0.39 is 112 Å². The number of nitrogens with one attached hydrogen (secondary N) is 8. The van der Waals surface area contributed by atoms with Crippen molar-refractivity contribution in [1.29, 1.82) is 0 Å². The van der Waals surface area contributed by atoms with Gasteiger partial charge < -0.3 is 70.9 Å². The van der Waals surface area contributed by atoms with Crippen LogP contribution >= 0.6 is 11.6 Å². The molecule has 5 aromatic rings. The number of amides is 8. The van der Waals surface area contributed by atoms with Crippen LogP contribution in [0.1, 0.15) is 135 Å². The normalized spacial score (nSPS) is 16.0. The average Bonchev–Trinajstić information content (AvgIpc) is 1.24. The predicted molar refractivity (Wildman–Crippen MR) is 344 cm³/mol. The van der Waals surface area contributed by atoms with E-state index in [0.29, 0.717) is 17.0 Å². The molecule has 0 saturated carbocycles. The highest BCUT2D eigenvalue weighted by molar-refractivity contribution is 6.30. The molecule has 0 fully saturated rings. The molecular weight excluding hydrogens is 1230 g/mol. The molecule has 0 spiro atoms. The van der Waals surface area contributed by atoms with Gasteiger partial charge in [-0.1, -0.05) is 48.0 Å². The number of rotatable bonds is 23. The summed E-state index contributed by atoms with van der Waals surface area (Å²) in [5, 5.41) is 48.7. The number of ether oxygens (including phenoxy) is 5. The van der Waals surface area contributed by atoms with Gasteiger partial charge in [-0.2, -0.15) is 5.10 Å². The average molecular weight is 1310 g/mol. The number of hydrogen-bond acceptors (Lipinski definition) is 17. The maximum Gasteiger partial charge on any atom is 0.407 e. The number of hydrogen-bond donors (Lipinski definition) is 9. The molecule has 4 aromatic carbocycles. The van der Waals surface area contributed by atoms with Gasteiger partial charge in [-0.05, 0) is 166 Å². The number of fused-ring (bicyclic) bond motifs is 5. The van der Waals surface area contributed by atoms with Crippen LogP contribution in [0.3, 0.4) is 0 Å². The number of aliphatic hydroxyl groups is 1. The zero-order valence-corrected chi connectivity index (χ0v) is 55.0. The molecule has 6 rings (SSSR count). The number of unbranched alkanes of at least 4 members (excludes halogenated alkanes) is 1. The lowest BCUT2D eigenvalue weighted by atomic mass is 9.93. The molecule has 1 unspecified atom stereocenters. The van der Waals surface area contributed by atoms with E-state index in [0.717, 1.165) is 22.2 Å². The van der Waals surface area contributed by atoms with Crippen molar-refractivity contribution in [2.24, 2.45) is 0 Å². The third-order valence-electron chi connectivity index (χ3n) is 14.0. The van der Waals surface area contributed by atoms with Crippen molar-refractivity contribution in [2.75, 3.05) is 39.9 Å². The minimum absolute atomic E-state index is 0.00440. The largest absolute Gasteiger partial charge is 0.491 e. The SMILES string of the molecule is C[C@@H]1NC(=O)[C@@H](N(C)C(=O)[C@H](CCCCNC(=O)OC(C)(C)C)NC(=O)c2ccc(-c3ccc(Cl)cc3)cc2)c2ccc(OCCNC(=O)OC(C)(C)C)c(c2)-c2cc(ccc2OCCNC(=O)OC(C)(C)C)C[C@@H](C(=O)N[C@@H](C)C(O)c2[nH]ncc2[N+](=O)[O-])NC1=O. The Balaban J connectivity index is 1.45. The van der Waals surface area contributed by atoms with E-state index in [-0.39, 0.29) is 91.6 Å². The Morgan fingerprint density at radius 2 is 1.25 bits per heavy atom. The van der Waals surface area contributed by atoms with Crippen LogP contribution in [-0.2, 0) is 39.8 Å². The lowest BCUT2D eigenvalue weighted by Gasteiger charge is -2.33. The molecule has 27 nitrogen and oxygen atoms in total. The maximum atomic E-state index is 15.4. The number of likely N-dealkylation sites (N-methyl/N-ethyl adjacent to an activating group) is 1. The van der Waals surface area contributed by atoms with Crippen molar-refractivity contribution >= 4 is 65.1 Å². The van der Waals surface area contributed by atoms with Crippen molar-refractivity contribution in [3.8, 4) is 33.8 Å². The minimum atomic E-state index is -1.68. The highest BCUT2D eigenvalue weighted by Gasteiger charge is 2.37. The second-order valence-corrected chi connectivity index (χ2v) is 25.6. The number of alkyl carbamates (subject to hydrolysis) is 3. The first kappa shape index (κ1) is 72.6. The highest BCUT2D eigenvalue weighted by atomic mass is 35.5. The van der Waals surface area contributed by atoms with Crippen LogP contribution in [0, 0.1) is 10.1 Å². The number of halogens is 1. The summed E-state index contributed by atoms with van der Waals surface area (Å²) in [6.45, 7) is 18.0. The van der Waals surface area contributed by atoms with Crippen molar-refractivity contribution in [3.63, 3.8) is 0 Å². The van der Waals surface area contributed by atoms with E-state index in [2.05, 4.69) is 47.4 Å². The molecule has 9 N–H and O–H groups in total. The van der Waals surface area contributed by atoms with E-state index in [4.69, 9.17) is 35.3 Å². The summed E-state index contributed by atoms with van der Waals surface area (Å²) >= 11 is 6.14. The molecule has 1 aliphatic heterocycles. The minimum Gasteiger partial charge on any atom is -0.491 e. The van der Waals surface area contributed by atoms with Gasteiger partial charge >= 0.3 is 24.0 Å². The van der Waals surface area contributed by atoms with Gasteiger partial charge in [0.1, 0.15) is 83.7 Å². The smallest absolute Gasteiger partial charge is 0.407 e. The second kappa shape index (κ2) is 32.2. The fourth-order valence-corrected chi connectivity index (χ4v) is 9.74. The zero-order chi connectivity index (χ0) is 68.5. The number of carbonyl (C=O) groups excluding carboxylic acids is 8. The molecule has 8 amide bonds. The molecule has 93 heavy (non-hydrogen) atoms. The van der Waals surface area contributed by atoms with Crippen molar-refractivity contribution in [3.05, 3.63) is 129 Å². The quantitative estimate of drug-likeness (QED) is 0.0130. The Morgan fingerprint density at radius 3 is 1.80 bits per heavy atom. The monoisotopic (exact) mass is 1310 g/mol. The number of benzene rings is 4. The van der Waals surface area contributed by atoms with E-state index >= 15 is 9.59 Å². The van der Waals surface area contributed by atoms with Crippen LogP contribution in [0.5, 0.6) is 11.5 Å². The van der Waals surface area contributed by atoms with Crippen molar-refractivity contribution in [2.45, 2.75) is 155 Å². The molecule has 1 aliphatic rings. The van der Waals surface area contributed by atoms with Crippen LogP contribution in [0.4, 0.5) is 20.1 Å². The second-order valence-electron chi connectivity index (χ2n) is 25.2. The Morgan fingerprint density at radius 1 is 0.720 bits per heavy atom. The number of nitro groups is 1. The molecule has 4 bridgehead atoms. The summed E-state index contributed by atoms with van der Waals surface area (Å²) in [5.74, 6) is -3.63. The number of carbonyl (C=O) groups is 8. The van der Waals surface area contributed by atoms with E-state index in [1.807, 2.05) is 12.1 Å². The number of aromatic amines is 1. The highest BCUT2D eigenvalue weighted by Crippen LogP contribution is 2.40. The van der Waals surface area contributed by atoms with Gasteiger partial charge in [0.25, 0.3) is 5.91 Å². The molecule has 2 heterocycles. The molecule has 6 atom stereocenters. The Labute approximate surface area is 544 Å². The predicted octanol–water partition coefficient (Wildman–Crippen LogP) is 7.89. The van der Waals surface area contributed by atoms with Crippen LogP contribution in [-0.4, -0.2) is 154 Å². The molecule has 28 heteroatoms. The van der Waals surface area contributed by atoms with E-state index in [1.54, 1.807) is 123 Å². The first-order chi connectivity index (χ1) is 43.7. The van der Waals surface area contributed by atoms with Gasteiger partial charge in [0.2, 0.25) is 23.6 Å². The van der Waals surface area contributed by atoms with Gasteiger partial charge in [0, 0.05) is 41.7 Å². The third-order valence-corrected chi connectivity index (χ3v) is 14.3. The molecule has 1 aromatic heterocycles. The topological polar surface area (TPSA) is 362 Å². The summed E-state index contributed by atoms with van der Waals surface area (Å²) in [7, 11) is 1.36. The molecular formula is C65H84ClN11O16. The standard InChI is InChI=1S/C65H84ClN11O16/c1-37(54(78)52-49(77(87)88)36-70-75-52)71-57(81)48-34-39-16-26-50(89-31-29-68-61(85)92-64(6,7)8)45(33-39)46-35-43(23-27-51(46)90-32-30-69-62(86)93-65(9,10)11)53(58(82)72-38(2)55(79)74-48)76(12)59(83)47(15-13-14-28-67-60(84)91-63(3,4)5)73-56(80)42-19-17-40(18-20-42)41-21-24-44(66)25-22-41/h16-27,33,35-38,47-48,53-54,78H,13-15,28-32,34H2,1-12H3,(H,67,84)(H,68,85)(H,69,86)(H,70,75)(H,71,81)(H,72,82)(H,73,80)(H,74,79)/t37-,38-,47-,48-,53-,54?/m0/s1. The summed E-state index contributed by atoms with van der Waals surface area (Å²) in [4.78, 5) is 124. The first-order valence-corrected chi connectivity index (χ1v) is 30.7. The molecule has 0 aliphatic carbocycles. The van der Waals surface area contributed by atoms with Gasteiger partial charge in [-0.25, -0.2) is 14.4 Å². The third kappa shape index (κ3) is 22.1. The Kier molecular flexibility index (Phi) is 25.1. The van der Waals surface area contributed by atoms with Crippen LogP contribution in [0.25, 0.3) is 22.3 Å². The first-order valence-electron chi connectivity index (χ1n) is 30.3. The van der Waals surface area contributed by atoms with Crippen LogP contribution in [0.2, 0.25) is 5.02 Å². The number of nitrogens with zero attached hydrogens (tertiary/aromatic N) is 3. The number of H-pyrrole nitrogens is 1. The lowest BCUT2D eigenvalue weighted by Crippen LogP contribution is -2.56. The zero-order valence-electron chi connectivity index (χ0n) is 54.3. The van der Waals surface area contributed by atoms with Gasteiger partial charge in [0.05, 0.1) is 24.1 Å². The molecule has 0 saturated heterocycles. The molecule has 0 radical (unpaired) electrons. The summed E-state index contributed by atoms with van der Waals surface area (Å²) in [6, 6.07) is 16.3. The fourth-order valence-electron chi connectivity index (χ4n) is 9.61. The Hall–Kier alpha value is -9.50. The van der Waals surface area contributed by atoms with Crippen LogP contribution in [0.15, 0.2) is 91.1 Å². The summed E-state index contributed by atoms with van der Waals surface area (Å²) in [5.41, 5.74) is -0.282. The van der Waals surface area contributed by atoms with Gasteiger partial charge in [-0.15, -0.1) is 0 Å². The van der Waals surface area contributed by atoms with E-state index in [9.17, 15) is 44.0 Å². The van der Waals surface area contributed by atoms with Gasteiger partial charge in [-0.3, -0.25) is 39.2 Å².